The molecule has 3 aliphatic rings. The van der Waals surface area contributed by atoms with Crippen molar-refractivity contribution in [2.75, 3.05) is 38.6 Å². The fraction of sp³-hybridized carbons (Fsp3) is 0.389. The second-order valence-electron chi connectivity index (χ2n) is 6.49. The van der Waals surface area contributed by atoms with Gasteiger partial charge in [-0.1, -0.05) is 12.1 Å². The predicted molar refractivity (Wildman–Crippen MR) is 93.5 cm³/mol. The smallest absolute Gasteiger partial charge is 0.321 e. The van der Waals surface area contributed by atoms with E-state index in [1.807, 2.05) is 6.08 Å². The summed E-state index contributed by atoms with van der Waals surface area (Å²) in [5, 5.41) is 2.82. The van der Waals surface area contributed by atoms with Crippen LogP contribution in [-0.4, -0.2) is 71.9 Å². The number of rotatable bonds is 2. The van der Waals surface area contributed by atoms with Gasteiger partial charge in [-0.05, 0) is 18.6 Å². The summed E-state index contributed by atoms with van der Waals surface area (Å²) < 4.78 is 5.15. The van der Waals surface area contributed by atoms with E-state index in [1.165, 1.54) is 0 Å². The van der Waals surface area contributed by atoms with Crippen LogP contribution in [0.15, 0.2) is 36.0 Å². The molecule has 2 saturated heterocycles. The SMILES string of the molecule is COc1cccc(NC(=O)N2CCN3C(=O)C4=CCCN4C(=O)[C@@H]3C2)c1. The lowest BCUT2D eigenvalue weighted by Gasteiger charge is -2.45. The van der Waals surface area contributed by atoms with Crippen LogP contribution in [0.1, 0.15) is 6.42 Å². The van der Waals surface area contributed by atoms with E-state index in [1.54, 1.807) is 46.1 Å². The van der Waals surface area contributed by atoms with E-state index in [9.17, 15) is 14.4 Å². The van der Waals surface area contributed by atoms with Crippen molar-refractivity contribution in [1.29, 1.82) is 0 Å². The Labute approximate surface area is 151 Å². The number of piperazine rings is 2. The molecule has 1 atom stereocenters. The first kappa shape index (κ1) is 16.4. The average molecular weight is 356 g/mol. The lowest BCUT2D eigenvalue weighted by molar-refractivity contribution is -0.153. The molecular weight excluding hydrogens is 336 g/mol. The molecule has 3 aliphatic heterocycles. The minimum absolute atomic E-state index is 0.104. The number of benzene rings is 1. The molecule has 2 fully saturated rings. The number of carbonyl (C=O) groups is 3. The van der Waals surface area contributed by atoms with Crippen molar-refractivity contribution in [3.8, 4) is 5.75 Å². The highest BCUT2D eigenvalue weighted by molar-refractivity contribution is 6.05. The topological polar surface area (TPSA) is 82.2 Å². The number of hydrogen-bond donors (Lipinski definition) is 1. The summed E-state index contributed by atoms with van der Waals surface area (Å²) in [5.74, 6) is 0.432. The van der Waals surface area contributed by atoms with Gasteiger partial charge in [0.1, 0.15) is 17.5 Å². The third kappa shape index (κ3) is 2.67. The van der Waals surface area contributed by atoms with Crippen LogP contribution in [0.4, 0.5) is 10.5 Å². The normalized spacial score (nSPS) is 22.0. The second kappa shape index (κ2) is 6.36. The maximum atomic E-state index is 12.7. The number of anilines is 1. The van der Waals surface area contributed by atoms with Crippen LogP contribution in [0, 0.1) is 0 Å². The first-order valence-electron chi connectivity index (χ1n) is 8.61. The number of nitrogens with one attached hydrogen (secondary N) is 1. The molecule has 136 valence electrons. The maximum absolute atomic E-state index is 12.7. The molecular formula is C18H20N4O4. The number of ether oxygens (including phenoxy) is 1. The molecule has 0 bridgehead atoms. The van der Waals surface area contributed by atoms with Gasteiger partial charge in [0.05, 0.1) is 13.7 Å². The van der Waals surface area contributed by atoms with Gasteiger partial charge in [0.15, 0.2) is 0 Å². The number of fused-ring (bicyclic) bond motifs is 2. The highest BCUT2D eigenvalue weighted by Crippen LogP contribution is 2.28. The van der Waals surface area contributed by atoms with Gasteiger partial charge in [-0.2, -0.15) is 0 Å². The molecule has 0 saturated carbocycles. The third-order valence-electron chi connectivity index (χ3n) is 5.00. The third-order valence-corrected chi connectivity index (χ3v) is 5.00. The summed E-state index contributed by atoms with van der Waals surface area (Å²) in [5.41, 5.74) is 1.10. The summed E-state index contributed by atoms with van der Waals surface area (Å²) in [6.07, 6.45) is 2.52. The fourth-order valence-corrected chi connectivity index (χ4v) is 3.64. The molecule has 1 N–H and O–H groups in total. The summed E-state index contributed by atoms with van der Waals surface area (Å²) in [6.45, 7) is 1.48. The Hall–Kier alpha value is -3.03. The fourth-order valence-electron chi connectivity index (χ4n) is 3.64. The summed E-state index contributed by atoms with van der Waals surface area (Å²) in [7, 11) is 1.56. The molecule has 26 heavy (non-hydrogen) atoms. The molecule has 8 nitrogen and oxygen atoms in total. The van der Waals surface area contributed by atoms with Crippen LogP contribution >= 0.6 is 0 Å². The predicted octanol–water partition coefficient (Wildman–Crippen LogP) is 0.870. The van der Waals surface area contributed by atoms with Crippen LogP contribution in [0.2, 0.25) is 0 Å². The van der Waals surface area contributed by atoms with Gasteiger partial charge in [-0.3, -0.25) is 9.59 Å². The van der Waals surface area contributed by atoms with Gasteiger partial charge in [0.25, 0.3) is 11.8 Å². The van der Waals surface area contributed by atoms with E-state index >= 15 is 0 Å². The number of urea groups is 1. The highest BCUT2D eigenvalue weighted by atomic mass is 16.5. The minimum Gasteiger partial charge on any atom is -0.497 e. The first-order chi connectivity index (χ1) is 12.6. The summed E-state index contributed by atoms with van der Waals surface area (Å²) in [6, 6.07) is 6.18. The van der Waals surface area contributed by atoms with Gasteiger partial charge < -0.3 is 24.8 Å². The average Bonchev–Trinajstić information content (AvgIpc) is 3.16. The van der Waals surface area contributed by atoms with Crippen molar-refractivity contribution in [1.82, 2.24) is 14.7 Å². The van der Waals surface area contributed by atoms with Crippen molar-refractivity contribution >= 4 is 23.5 Å². The molecule has 1 aromatic carbocycles. The standard InChI is InChI=1S/C18H20N4O4/c1-26-13-5-2-4-12(10-13)19-18(25)20-8-9-22-15(11-20)17(24)21-7-3-6-14(21)16(22)23/h2,4-6,10,15H,3,7-9,11H2,1H3,(H,19,25)/t15-/m0/s1. The molecule has 8 heteroatoms. The zero-order valence-corrected chi connectivity index (χ0v) is 14.5. The van der Waals surface area contributed by atoms with E-state index in [2.05, 4.69) is 5.32 Å². The van der Waals surface area contributed by atoms with Crippen molar-refractivity contribution in [3.05, 3.63) is 36.0 Å². The van der Waals surface area contributed by atoms with E-state index in [4.69, 9.17) is 4.74 Å². The largest absolute Gasteiger partial charge is 0.497 e. The second-order valence-corrected chi connectivity index (χ2v) is 6.49. The van der Waals surface area contributed by atoms with Crippen LogP contribution in [-0.2, 0) is 9.59 Å². The molecule has 4 amide bonds. The number of hydrogen-bond acceptors (Lipinski definition) is 4. The van der Waals surface area contributed by atoms with Gasteiger partial charge in [-0.15, -0.1) is 0 Å². The number of amides is 4. The van der Waals surface area contributed by atoms with Gasteiger partial charge in [0, 0.05) is 31.4 Å². The maximum Gasteiger partial charge on any atom is 0.321 e. The van der Waals surface area contributed by atoms with Crippen LogP contribution < -0.4 is 10.1 Å². The highest BCUT2D eigenvalue weighted by Gasteiger charge is 2.47. The van der Waals surface area contributed by atoms with Gasteiger partial charge in [-0.25, -0.2) is 4.79 Å². The molecule has 3 heterocycles. The molecule has 0 aliphatic carbocycles. The number of nitrogens with zero attached hydrogens (tertiary/aromatic N) is 3. The monoisotopic (exact) mass is 356 g/mol. The lowest BCUT2D eigenvalue weighted by atomic mass is 10.1. The molecule has 0 aromatic heterocycles. The van der Waals surface area contributed by atoms with Crippen molar-refractivity contribution < 1.29 is 19.1 Å². The molecule has 0 spiro atoms. The number of methoxy groups -OCH3 is 1. The van der Waals surface area contributed by atoms with Gasteiger partial charge >= 0.3 is 6.03 Å². The Morgan fingerprint density at radius 2 is 2.08 bits per heavy atom. The van der Waals surface area contributed by atoms with Crippen LogP contribution in [0.5, 0.6) is 5.75 Å². The van der Waals surface area contributed by atoms with Crippen LogP contribution in [0.25, 0.3) is 0 Å². The van der Waals surface area contributed by atoms with Crippen molar-refractivity contribution in [3.63, 3.8) is 0 Å². The zero-order chi connectivity index (χ0) is 18.3. The molecule has 0 unspecified atom stereocenters. The number of carbonyl (C=O) groups excluding carboxylic acids is 3. The van der Waals surface area contributed by atoms with Crippen molar-refractivity contribution in [2.24, 2.45) is 0 Å². The molecule has 1 aromatic rings. The lowest BCUT2D eigenvalue weighted by Crippen LogP contribution is -2.66. The first-order valence-corrected chi connectivity index (χ1v) is 8.61. The quantitative estimate of drug-likeness (QED) is 0.852. The minimum atomic E-state index is -0.609. The van der Waals surface area contributed by atoms with E-state index < -0.39 is 6.04 Å². The zero-order valence-electron chi connectivity index (χ0n) is 14.5. The summed E-state index contributed by atoms with van der Waals surface area (Å²) in [4.78, 5) is 42.6. The van der Waals surface area contributed by atoms with E-state index in [-0.39, 0.29) is 24.4 Å². The molecule has 0 radical (unpaired) electrons. The Bertz CT molecular complexity index is 806. The Morgan fingerprint density at radius 1 is 1.23 bits per heavy atom. The van der Waals surface area contributed by atoms with Crippen molar-refractivity contribution in [2.45, 2.75) is 12.5 Å². The summed E-state index contributed by atoms with van der Waals surface area (Å²) >= 11 is 0. The van der Waals surface area contributed by atoms with Gasteiger partial charge in [0.2, 0.25) is 0 Å². The van der Waals surface area contributed by atoms with E-state index in [0.717, 1.165) is 0 Å². The van der Waals surface area contributed by atoms with Crippen LogP contribution in [0.3, 0.4) is 0 Å². The Morgan fingerprint density at radius 3 is 2.88 bits per heavy atom. The Balaban J connectivity index is 1.47. The Kier molecular flexibility index (Phi) is 4.02. The molecule has 4 rings (SSSR count). The van der Waals surface area contributed by atoms with E-state index in [0.29, 0.717) is 43.2 Å².